The van der Waals surface area contributed by atoms with Crippen molar-refractivity contribution in [1.82, 2.24) is 14.9 Å². The number of nitrogens with zero attached hydrogens (tertiary/aromatic N) is 4. The Labute approximate surface area is 166 Å². The molecule has 0 saturated carbocycles. The van der Waals surface area contributed by atoms with E-state index in [2.05, 4.69) is 49.4 Å². The van der Waals surface area contributed by atoms with E-state index >= 15 is 0 Å². The summed E-state index contributed by atoms with van der Waals surface area (Å²) in [7, 11) is 0. The van der Waals surface area contributed by atoms with Crippen LogP contribution in [0.25, 0.3) is 0 Å². The maximum Gasteiger partial charge on any atom is 0.222 e. The van der Waals surface area contributed by atoms with E-state index in [0.29, 0.717) is 17.0 Å². The zero-order valence-corrected chi connectivity index (χ0v) is 16.5. The first-order valence-electron chi connectivity index (χ1n) is 10.1. The summed E-state index contributed by atoms with van der Waals surface area (Å²) in [6, 6.07) is 9.59. The van der Waals surface area contributed by atoms with Gasteiger partial charge in [0.1, 0.15) is 0 Å². The minimum Gasteiger partial charge on any atom is -0.371 e. The zero-order valence-electron chi connectivity index (χ0n) is 15.8. The maximum absolute atomic E-state index is 5.84. The van der Waals surface area contributed by atoms with Gasteiger partial charge >= 0.3 is 0 Å². The van der Waals surface area contributed by atoms with Crippen LogP contribution in [0.4, 0.5) is 11.6 Å². The van der Waals surface area contributed by atoms with Crippen LogP contribution in [0.3, 0.4) is 0 Å². The van der Waals surface area contributed by atoms with E-state index in [1.165, 1.54) is 43.6 Å². The molecule has 2 fully saturated rings. The molecule has 1 aromatic heterocycles. The van der Waals surface area contributed by atoms with E-state index in [4.69, 9.17) is 11.6 Å². The monoisotopic (exact) mass is 385 g/mol. The number of nitrogens with one attached hydrogen (secondary N) is 1. The highest BCUT2D eigenvalue weighted by Gasteiger charge is 2.20. The molecule has 1 aromatic carbocycles. The summed E-state index contributed by atoms with van der Waals surface area (Å²) < 4.78 is 0. The molecule has 5 nitrogen and oxygen atoms in total. The Balaban J connectivity index is 1.27. The molecule has 0 bridgehead atoms. The van der Waals surface area contributed by atoms with Crippen LogP contribution in [0.15, 0.2) is 36.7 Å². The van der Waals surface area contributed by atoms with E-state index in [0.717, 1.165) is 32.5 Å². The molecular weight excluding hydrogens is 358 g/mol. The summed E-state index contributed by atoms with van der Waals surface area (Å²) in [6.07, 6.45) is 9.53. The van der Waals surface area contributed by atoms with Crippen molar-refractivity contribution in [2.75, 3.05) is 36.4 Å². The van der Waals surface area contributed by atoms with Crippen molar-refractivity contribution in [3.8, 4) is 0 Å². The molecule has 0 spiro atoms. The Morgan fingerprint density at radius 2 is 1.59 bits per heavy atom. The summed E-state index contributed by atoms with van der Waals surface area (Å²) in [6.45, 7) is 5.69. The smallest absolute Gasteiger partial charge is 0.222 e. The Morgan fingerprint density at radius 3 is 2.26 bits per heavy atom. The molecule has 2 aliphatic heterocycles. The molecule has 2 aromatic rings. The SMILES string of the molecule is Clc1cnc(NC2CCN(c3ccc(CN4CCCCC4)cc3)CC2)nc1. The summed E-state index contributed by atoms with van der Waals surface area (Å²) in [5, 5.41) is 3.99. The molecule has 27 heavy (non-hydrogen) atoms. The molecule has 2 aliphatic rings. The number of hydrogen-bond acceptors (Lipinski definition) is 5. The predicted octanol–water partition coefficient (Wildman–Crippen LogP) is 4.20. The standard InChI is InChI=1S/C21H28ClN5/c22-18-14-23-21(24-15-18)25-19-8-12-27(13-9-19)20-6-4-17(5-7-20)16-26-10-2-1-3-11-26/h4-7,14-15,19H,1-3,8-13,16H2,(H,23,24,25). The number of aromatic nitrogens is 2. The lowest BCUT2D eigenvalue weighted by Gasteiger charge is -2.34. The lowest BCUT2D eigenvalue weighted by molar-refractivity contribution is 0.221. The number of likely N-dealkylation sites (tertiary alicyclic amines) is 1. The number of benzene rings is 1. The molecule has 0 aliphatic carbocycles. The first-order valence-corrected chi connectivity index (χ1v) is 10.4. The molecule has 144 valence electrons. The minimum absolute atomic E-state index is 0.417. The van der Waals surface area contributed by atoms with Gasteiger partial charge in [-0.15, -0.1) is 0 Å². The van der Waals surface area contributed by atoms with E-state index < -0.39 is 0 Å². The maximum atomic E-state index is 5.84. The van der Waals surface area contributed by atoms with Gasteiger partial charge in [0, 0.05) is 31.4 Å². The van der Waals surface area contributed by atoms with Crippen molar-refractivity contribution in [1.29, 1.82) is 0 Å². The van der Waals surface area contributed by atoms with Crippen molar-refractivity contribution in [3.63, 3.8) is 0 Å². The third-order valence-corrected chi connectivity index (χ3v) is 5.80. The van der Waals surface area contributed by atoms with Gasteiger partial charge in [0.2, 0.25) is 5.95 Å². The van der Waals surface area contributed by atoms with Crippen molar-refractivity contribution in [2.45, 2.75) is 44.7 Å². The quantitative estimate of drug-likeness (QED) is 0.835. The van der Waals surface area contributed by atoms with Crippen molar-refractivity contribution >= 4 is 23.2 Å². The van der Waals surface area contributed by atoms with Crippen LogP contribution in [-0.2, 0) is 6.54 Å². The number of halogens is 1. The van der Waals surface area contributed by atoms with Gasteiger partial charge in [-0.2, -0.15) is 0 Å². The Kier molecular flexibility index (Phi) is 6.10. The lowest BCUT2D eigenvalue weighted by atomic mass is 10.0. The fourth-order valence-corrected chi connectivity index (χ4v) is 4.14. The van der Waals surface area contributed by atoms with E-state index in [9.17, 15) is 0 Å². The second-order valence-corrected chi connectivity index (χ2v) is 8.07. The normalized spacial score (nSPS) is 19.2. The second kappa shape index (κ2) is 8.89. The van der Waals surface area contributed by atoms with Crippen molar-refractivity contribution in [3.05, 3.63) is 47.2 Å². The highest BCUT2D eigenvalue weighted by Crippen LogP contribution is 2.23. The first kappa shape index (κ1) is 18.5. The number of hydrogen-bond donors (Lipinski definition) is 1. The van der Waals surface area contributed by atoms with Gasteiger partial charge in [0.25, 0.3) is 0 Å². The third-order valence-electron chi connectivity index (χ3n) is 5.60. The lowest BCUT2D eigenvalue weighted by Crippen LogP contribution is -2.39. The number of rotatable bonds is 5. The van der Waals surface area contributed by atoms with E-state index in [1.807, 2.05) is 0 Å². The van der Waals surface area contributed by atoms with Crippen molar-refractivity contribution < 1.29 is 0 Å². The van der Waals surface area contributed by atoms with E-state index in [-0.39, 0.29) is 0 Å². The first-order chi connectivity index (χ1) is 13.3. The highest BCUT2D eigenvalue weighted by atomic mass is 35.5. The third kappa shape index (κ3) is 5.11. The number of piperidine rings is 2. The Hall–Kier alpha value is -1.85. The van der Waals surface area contributed by atoms with Gasteiger partial charge < -0.3 is 10.2 Å². The Morgan fingerprint density at radius 1 is 0.926 bits per heavy atom. The van der Waals surface area contributed by atoms with Gasteiger partial charge in [-0.3, -0.25) is 4.90 Å². The fourth-order valence-electron chi connectivity index (χ4n) is 4.04. The van der Waals surface area contributed by atoms with Crippen LogP contribution in [0.2, 0.25) is 5.02 Å². The summed E-state index contributed by atoms with van der Waals surface area (Å²) in [5.41, 5.74) is 2.76. The van der Waals surface area contributed by atoms with Gasteiger partial charge in [-0.1, -0.05) is 30.2 Å². The van der Waals surface area contributed by atoms with Gasteiger partial charge in [0.15, 0.2) is 0 Å². The molecular formula is C21H28ClN5. The topological polar surface area (TPSA) is 44.3 Å². The molecule has 6 heteroatoms. The molecule has 4 rings (SSSR count). The number of anilines is 2. The molecule has 1 N–H and O–H groups in total. The summed E-state index contributed by atoms with van der Waals surface area (Å²) in [4.78, 5) is 13.5. The molecule has 0 unspecified atom stereocenters. The van der Waals surface area contributed by atoms with Gasteiger partial charge in [-0.05, 0) is 56.5 Å². The average Bonchev–Trinajstić information content (AvgIpc) is 2.72. The van der Waals surface area contributed by atoms with Crippen LogP contribution in [0.5, 0.6) is 0 Å². The summed E-state index contributed by atoms with van der Waals surface area (Å²) >= 11 is 5.84. The minimum atomic E-state index is 0.417. The molecule has 0 atom stereocenters. The van der Waals surface area contributed by atoms with Crippen LogP contribution in [0.1, 0.15) is 37.7 Å². The molecule has 0 amide bonds. The summed E-state index contributed by atoms with van der Waals surface area (Å²) in [5.74, 6) is 0.667. The predicted molar refractivity (Wildman–Crippen MR) is 111 cm³/mol. The van der Waals surface area contributed by atoms with Crippen LogP contribution in [0, 0.1) is 0 Å². The van der Waals surface area contributed by atoms with Gasteiger partial charge in [0.05, 0.1) is 17.4 Å². The zero-order chi connectivity index (χ0) is 18.5. The van der Waals surface area contributed by atoms with Crippen LogP contribution in [-0.4, -0.2) is 47.1 Å². The molecule has 0 radical (unpaired) electrons. The fraction of sp³-hybridized carbons (Fsp3) is 0.524. The molecule has 2 saturated heterocycles. The van der Waals surface area contributed by atoms with E-state index in [1.54, 1.807) is 12.4 Å². The van der Waals surface area contributed by atoms with Gasteiger partial charge in [-0.25, -0.2) is 9.97 Å². The van der Waals surface area contributed by atoms with Crippen LogP contribution < -0.4 is 10.2 Å². The second-order valence-electron chi connectivity index (χ2n) is 7.63. The van der Waals surface area contributed by atoms with Crippen LogP contribution >= 0.6 is 11.6 Å². The highest BCUT2D eigenvalue weighted by molar-refractivity contribution is 6.30. The Bertz CT molecular complexity index is 704. The largest absolute Gasteiger partial charge is 0.371 e. The average molecular weight is 386 g/mol. The molecule has 3 heterocycles. The van der Waals surface area contributed by atoms with Crippen molar-refractivity contribution in [2.24, 2.45) is 0 Å².